The van der Waals surface area contributed by atoms with Crippen molar-refractivity contribution in [3.63, 3.8) is 0 Å². The highest BCUT2D eigenvalue weighted by Gasteiger charge is 2.15. The summed E-state index contributed by atoms with van der Waals surface area (Å²) in [4.78, 5) is 25.2. The molecule has 84 valence electrons. The van der Waals surface area contributed by atoms with Gasteiger partial charge in [-0.25, -0.2) is 4.98 Å². The number of anilines is 1. The Hall–Kier alpha value is -1.89. The zero-order chi connectivity index (χ0) is 11.7. The molecule has 2 aromatic heterocycles. The summed E-state index contributed by atoms with van der Waals surface area (Å²) in [7, 11) is 0. The van der Waals surface area contributed by atoms with E-state index in [9.17, 15) is 4.79 Å². The lowest BCUT2D eigenvalue weighted by atomic mass is 10.3. The third-order valence-corrected chi connectivity index (χ3v) is 2.15. The number of rotatable bonds is 3. The fourth-order valence-corrected chi connectivity index (χ4v) is 1.34. The molecule has 8 heteroatoms. The van der Waals surface area contributed by atoms with Crippen molar-refractivity contribution in [2.45, 2.75) is 13.0 Å². The molecule has 2 heterocycles. The molecule has 3 N–H and O–H groups in total. The number of aliphatic carboxylic acids is 1. The average Bonchev–Trinajstić information content (AvgIpc) is 2.65. The maximum Gasteiger partial charge on any atom is 0.325 e. The van der Waals surface area contributed by atoms with Crippen molar-refractivity contribution in [2.24, 2.45) is 0 Å². The van der Waals surface area contributed by atoms with E-state index >= 15 is 0 Å². The molecule has 0 spiro atoms. The maximum atomic E-state index is 10.7. The van der Waals surface area contributed by atoms with Gasteiger partial charge in [0.15, 0.2) is 11.5 Å². The Bertz CT molecular complexity index is 540. The van der Waals surface area contributed by atoms with Gasteiger partial charge in [0.05, 0.1) is 6.33 Å². The number of hydrogen-bond donors (Lipinski definition) is 3. The fourth-order valence-electron chi connectivity index (χ4n) is 1.18. The molecule has 7 nitrogen and oxygen atoms in total. The Labute approximate surface area is 94.9 Å². The normalized spacial score (nSPS) is 12.6. The number of nitrogens with one attached hydrogen (secondary N) is 2. The molecule has 0 radical (unpaired) electrons. The van der Waals surface area contributed by atoms with Crippen molar-refractivity contribution in [2.75, 3.05) is 5.32 Å². The van der Waals surface area contributed by atoms with Crippen LogP contribution < -0.4 is 5.32 Å². The molecular formula is C8H8ClN5O2. The quantitative estimate of drug-likeness (QED) is 0.690. The van der Waals surface area contributed by atoms with Crippen LogP contribution in [-0.4, -0.2) is 37.1 Å². The summed E-state index contributed by atoms with van der Waals surface area (Å²) in [5, 5.41) is 11.5. The van der Waals surface area contributed by atoms with Gasteiger partial charge in [-0.05, 0) is 18.5 Å². The summed E-state index contributed by atoms with van der Waals surface area (Å²) >= 11 is 5.68. The Morgan fingerprint density at radius 1 is 1.62 bits per heavy atom. The van der Waals surface area contributed by atoms with Crippen LogP contribution in [0, 0.1) is 0 Å². The van der Waals surface area contributed by atoms with Gasteiger partial charge in [-0.2, -0.15) is 9.97 Å². The zero-order valence-electron chi connectivity index (χ0n) is 8.23. The predicted molar refractivity (Wildman–Crippen MR) is 57.4 cm³/mol. The molecular weight excluding hydrogens is 234 g/mol. The van der Waals surface area contributed by atoms with Gasteiger partial charge in [0.1, 0.15) is 11.6 Å². The summed E-state index contributed by atoms with van der Waals surface area (Å²) in [5.74, 6) is -0.662. The molecule has 0 unspecified atom stereocenters. The lowest BCUT2D eigenvalue weighted by Crippen LogP contribution is -2.26. The van der Waals surface area contributed by atoms with Crippen molar-refractivity contribution >= 4 is 34.6 Å². The Morgan fingerprint density at radius 3 is 3.06 bits per heavy atom. The minimum absolute atomic E-state index is 0.0136. The summed E-state index contributed by atoms with van der Waals surface area (Å²) in [6, 6.07) is -0.780. The van der Waals surface area contributed by atoms with Crippen molar-refractivity contribution < 1.29 is 9.90 Å². The second kappa shape index (κ2) is 3.93. The number of nitrogens with zero attached hydrogens (tertiary/aromatic N) is 3. The fraction of sp³-hybridized carbons (Fsp3) is 0.250. The van der Waals surface area contributed by atoms with Gasteiger partial charge in [-0.15, -0.1) is 0 Å². The monoisotopic (exact) mass is 241 g/mol. The second-order valence-electron chi connectivity index (χ2n) is 3.15. The maximum absolute atomic E-state index is 10.7. The molecule has 0 bridgehead atoms. The molecule has 0 aliphatic carbocycles. The molecule has 0 aliphatic rings. The first-order valence-corrected chi connectivity index (χ1v) is 4.81. The lowest BCUT2D eigenvalue weighted by molar-refractivity contribution is -0.137. The summed E-state index contributed by atoms with van der Waals surface area (Å²) in [6.45, 7) is 1.50. The molecule has 0 aliphatic heterocycles. The van der Waals surface area contributed by atoms with Gasteiger partial charge < -0.3 is 15.4 Å². The SMILES string of the molecule is C[C@H](Nc1nc(Cl)nc2nc[nH]c12)C(=O)O. The van der Waals surface area contributed by atoms with Crippen LogP contribution in [0.2, 0.25) is 5.28 Å². The largest absolute Gasteiger partial charge is 0.480 e. The Morgan fingerprint density at radius 2 is 2.38 bits per heavy atom. The van der Waals surface area contributed by atoms with E-state index in [0.717, 1.165) is 0 Å². The molecule has 1 atom stereocenters. The number of halogens is 1. The summed E-state index contributed by atoms with van der Waals surface area (Å²) in [6.07, 6.45) is 1.44. The molecule has 0 saturated carbocycles. The van der Waals surface area contributed by atoms with E-state index in [1.54, 1.807) is 0 Å². The topological polar surface area (TPSA) is 104 Å². The van der Waals surface area contributed by atoms with Crippen LogP contribution in [0.5, 0.6) is 0 Å². The zero-order valence-corrected chi connectivity index (χ0v) is 8.99. The number of aromatic amines is 1. The van der Waals surface area contributed by atoms with E-state index in [0.29, 0.717) is 17.0 Å². The molecule has 2 rings (SSSR count). The van der Waals surface area contributed by atoms with Gasteiger partial charge in [0.2, 0.25) is 5.28 Å². The van der Waals surface area contributed by atoms with Crippen molar-refractivity contribution in [1.82, 2.24) is 19.9 Å². The molecule has 0 amide bonds. The molecule has 0 aromatic carbocycles. The van der Waals surface area contributed by atoms with Crippen LogP contribution in [0.4, 0.5) is 5.82 Å². The number of imidazole rings is 1. The number of H-pyrrole nitrogens is 1. The van der Waals surface area contributed by atoms with Crippen LogP contribution in [0.1, 0.15) is 6.92 Å². The summed E-state index contributed by atoms with van der Waals surface area (Å²) in [5.41, 5.74) is 0.914. The second-order valence-corrected chi connectivity index (χ2v) is 3.48. The minimum Gasteiger partial charge on any atom is -0.480 e. The highest BCUT2D eigenvalue weighted by atomic mass is 35.5. The number of carbonyl (C=O) groups is 1. The number of aromatic nitrogens is 4. The van der Waals surface area contributed by atoms with Gasteiger partial charge in [-0.1, -0.05) is 0 Å². The molecule has 2 aromatic rings. The Kier molecular flexibility index (Phi) is 2.61. The third-order valence-electron chi connectivity index (χ3n) is 1.98. The average molecular weight is 242 g/mol. The number of carboxylic acid groups (broad SMARTS) is 1. The van der Waals surface area contributed by atoms with Gasteiger partial charge in [-0.3, -0.25) is 4.79 Å². The number of hydrogen-bond acceptors (Lipinski definition) is 5. The van der Waals surface area contributed by atoms with Gasteiger partial charge in [0.25, 0.3) is 0 Å². The van der Waals surface area contributed by atoms with Crippen molar-refractivity contribution in [3.8, 4) is 0 Å². The first-order chi connectivity index (χ1) is 7.58. The smallest absolute Gasteiger partial charge is 0.325 e. The van der Waals surface area contributed by atoms with E-state index in [4.69, 9.17) is 16.7 Å². The predicted octanol–water partition coefficient (Wildman–Crippen LogP) is 0.891. The summed E-state index contributed by atoms with van der Waals surface area (Å²) < 4.78 is 0. The van der Waals surface area contributed by atoms with Gasteiger partial charge >= 0.3 is 5.97 Å². The Balaban J connectivity index is 2.42. The van der Waals surface area contributed by atoms with Crippen LogP contribution in [0.15, 0.2) is 6.33 Å². The van der Waals surface area contributed by atoms with E-state index in [1.807, 2.05) is 0 Å². The molecule has 0 saturated heterocycles. The van der Waals surface area contributed by atoms with Crippen LogP contribution >= 0.6 is 11.6 Å². The van der Waals surface area contributed by atoms with E-state index < -0.39 is 12.0 Å². The van der Waals surface area contributed by atoms with E-state index in [2.05, 4.69) is 25.3 Å². The highest BCUT2D eigenvalue weighted by Crippen LogP contribution is 2.19. The third kappa shape index (κ3) is 1.89. The van der Waals surface area contributed by atoms with Crippen molar-refractivity contribution in [3.05, 3.63) is 11.6 Å². The minimum atomic E-state index is -0.984. The van der Waals surface area contributed by atoms with Gasteiger partial charge in [0, 0.05) is 0 Å². The van der Waals surface area contributed by atoms with Crippen LogP contribution in [0.25, 0.3) is 11.2 Å². The lowest BCUT2D eigenvalue weighted by Gasteiger charge is -2.09. The number of fused-ring (bicyclic) bond motifs is 1. The van der Waals surface area contributed by atoms with Crippen LogP contribution in [0.3, 0.4) is 0 Å². The molecule has 16 heavy (non-hydrogen) atoms. The van der Waals surface area contributed by atoms with Crippen LogP contribution in [-0.2, 0) is 4.79 Å². The molecule has 0 fully saturated rings. The van der Waals surface area contributed by atoms with E-state index in [-0.39, 0.29) is 5.28 Å². The number of carboxylic acids is 1. The van der Waals surface area contributed by atoms with E-state index in [1.165, 1.54) is 13.3 Å². The van der Waals surface area contributed by atoms with Crippen molar-refractivity contribution in [1.29, 1.82) is 0 Å². The highest BCUT2D eigenvalue weighted by molar-refractivity contribution is 6.28. The first kappa shape index (κ1) is 10.6. The first-order valence-electron chi connectivity index (χ1n) is 4.44. The standard InChI is InChI=1S/C8H8ClN5O2/c1-3(7(15)16)12-6-4-5(11-2-10-4)13-8(9)14-6/h2-3H,1H3,(H,15,16)(H2,10,11,12,13,14)/t3-/m0/s1.